The standard InChI is InChI=1S/C21H19FN4O2/c1-26-12-18(21(28)24-17-4-2-3-15(22)11-17)19(25-26)13-7-9-16(10-8-13)23-20(27)14-5-6-14/h2-4,7-12,14H,5-6H2,1H3,(H,23,27)(H,24,28). The molecule has 0 bridgehead atoms. The van der Waals surface area contributed by atoms with Crippen molar-refractivity contribution >= 4 is 23.2 Å². The van der Waals surface area contributed by atoms with Gasteiger partial charge in [-0.05, 0) is 43.2 Å². The first-order chi connectivity index (χ1) is 13.5. The number of nitrogens with one attached hydrogen (secondary N) is 2. The summed E-state index contributed by atoms with van der Waals surface area (Å²) in [5.41, 5.74) is 2.72. The fourth-order valence-electron chi connectivity index (χ4n) is 2.93. The molecule has 0 spiro atoms. The van der Waals surface area contributed by atoms with Gasteiger partial charge in [-0.15, -0.1) is 0 Å². The number of benzene rings is 2. The Bertz CT molecular complexity index is 1040. The quantitative estimate of drug-likeness (QED) is 0.709. The van der Waals surface area contributed by atoms with Crippen molar-refractivity contribution in [1.29, 1.82) is 0 Å². The van der Waals surface area contributed by atoms with Gasteiger partial charge >= 0.3 is 0 Å². The maximum Gasteiger partial charge on any atom is 0.259 e. The van der Waals surface area contributed by atoms with E-state index < -0.39 is 5.82 Å². The highest BCUT2D eigenvalue weighted by Crippen LogP contribution is 2.30. The Morgan fingerprint density at radius 3 is 2.50 bits per heavy atom. The van der Waals surface area contributed by atoms with E-state index in [1.54, 1.807) is 36.1 Å². The number of anilines is 2. The lowest BCUT2D eigenvalue weighted by molar-refractivity contribution is -0.117. The van der Waals surface area contributed by atoms with Crippen molar-refractivity contribution in [1.82, 2.24) is 9.78 Å². The first-order valence-corrected chi connectivity index (χ1v) is 9.01. The monoisotopic (exact) mass is 378 g/mol. The van der Waals surface area contributed by atoms with Crippen molar-refractivity contribution in [2.75, 3.05) is 10.6 Å². The first kappa shape index (κ1) is 17.9. The van der Waals surface area contributed by atoms with Gasteiger partial charge in [0.25, 0.3) is 5.91 Å². The highest BCUT2D eigenvalue weighted by atomic mass is 19.1. The zero-order valence-corrected chi connectivity index (χ0v) is 15.3. The molecule has 1 fully saturated rings. The lowest BCUT2D eigenvalue weighted by Gasteiger charge is -2.07. The lowest BCUT2D eigenvalue weighted by atomic mass is 10.1. The molecule has 1 heterocycles. The summed E-state index contributed by atoms with van der Waals surface area (Å²) in [7, 11) is 1.73. The molecule has 0 saturated heterocycles. The smallest absolute Gasteiger partial charge is 0.259 e. The molecule has 0 atom stereocenters. The highest BCUT2D eigenvalue weighted by Gasteiger charge is 2.29. The van der Waals surface area contributed by atoms with E-state index >= 15 is 0 Å². The van der Waals surface area contributed by atoms with Gasteiger partial charge in [-0.25, -0.2) is 4.39 Å². The molecule has 6 nitrogen and oxygen atoms in total. The fourth-order valence-corrected chi connectivity index (χ4v) is 2.93. The third kappa shape index (κ3) is 3.93. The third-order valence-corrected chi connectivity index (χ3v) is 4.53. The maximum absolute atomic E-state index is 13.4. The molecular weight excluding hydrogens is 359 g/mol. The summed E-state index contributed by atoms with van der Waals surface area (Å²) >= 11 is 0. The number of amides is 2. The number of aryl methyl sites for hydroxylation is 1. The molecule has 0 unspecified atom stereocenters. The molecular formula is C21H19FN4O2. The van der Waals surface area contributed by atoms with Crippen LogP contribution in [0.1, 0.15) is 23.2 Å². The minimum Gasteiger partial charge on any atom is -0.326 e. The Labute approximate surface area is 161 Å². The topological polar surface area (TPSA) is 76.0 Å². The minimum absolute atomic E-state index is 0.0424. The molecule has 7 heteroatoms. The van der Waals surface area contributed by atoms with Gasteiger partial charge in [0.15, 0.2) is 0 Å². The summed E-state index contributed by atoms with van der Waals surface area (Å²) in [6.45, 7) is 0. The van der Waals surface area contributed by atoms with Crippen LogP contribution in [0.4, 0.5) is 15.8 Å². The Balaban J connectivity index is 1.55. The Morgan fingerprint density at radius 2 is 1.82 bits per heavy atom. The van der Waals surface area contributed by atoms with Crippen LogP contribution in [0.15, 0.2) is 54.7 Å². The summed E-state index contributed by atoms with van der Waals surface area (Å²) in [5.74, 6) is -0.623. The number of aromatic nitrogens is 2. The van der Waals surface area contributed by atoms with Crippen LogP contribution in [-0.4, -0.2) is 21.6 Å². The van der Waals surface area contributed by atoms with Gasteiger partial charge in [-0.3, -0.25) is 14.3 Å². The molecule has 4 rings (SSSR count). The Hall–Kier alpha value is -3.48. The van der Waals surface area contributed by atoms with Crippen LogP contribution in [0.25, 0.3) is 11.3 Å². The summed E-state index contributed by atoms with van der Waals surface area (Å²) in [5, 5.41) is 9.96. The molecule has 2 N–H and O–H groups in total. The van der Waals surface area contributed by atoms with E-state index in [2.05, 4.69) is 15.7 Å². The van der Waals surface area contributed by atoms with Crippen molar-refractivity contribution in [3.05, 3.63) is 66.1 Å². The molecule has 3 aromatic rings. The van der Waals surface area contributed by atoms with E-state index in [0.29, 0.717) is 22.6 Å². The van der Waals surface area contributed by atoms with E-state index in [-0.39, 0.29) is 17.7 Å². The zero-order chi connectivity index (χ0) is 19.7. The van der Waals surface area contributed by atoms with Crippen LogP contribution >= 0.6 is 0 Å². The van der Waals surface area contributed by atoms with E-state index in [0.717, 1.165) is 18.4 Å². The Kier molecular flexibility index (Phi) is 4.65. The molecule has 1 saturated carbocycles. The average molecular weight is 378 g/mol. The van der Waals surface area contributed by atoms with Crippen molar-refractivity contribution < 1.29 is 14.0 Å². The van der Waals surface area contributed by atoms with Crippen LogP contribution < -0.4 is 10.6 Å². The molecule has 1 aromatic heterocycles. The zero-order valence-electron chi connectivity index (χ0n) is 15.3. The van der Waals surface area contributed by atoms with Crippen molar-refractivity contribution in [3.8, 4) is 11.3 Å². The summed E-state index contributed by atoms with van der Waals surface area (Å²) in [6.07, 6.45) is 3.51. The number of nitrogens with zero attached hydrogens (tertiary/aromatic N) is 2. The molecule has 1 aliphatic rings. The van der Waals surface area contributed by atoms with Crippen molar-refractivity contribution in [2.45, 2.75) is 12.8 Å². The second-order valence-corrected chi connectivity index (χ2v) is 6.87. The molecule has 0 aliphatic heterocycles. The van der Waals surface area contributed by atoms with Gasteiger partial charge in [0, 0.05) is 36.1 Å². The van der Waals surface area contributed by atoms with E-state index in [1.165, 1.54) is 18.2 Å². The van der Waals surface area contributed by atoms with Gasteiger partial charge < -0.3 is 10.6 Å². The van der Waals surface area contributed by atoms with E-state index in [4.69, 9.17) is 0 Å². The van der Waals surface area contributed by atoms with E-state index in [1.807, 2.05) is 12.1 Å². The number of halogens is 1. The van der Waals surface area contributed by atoms with Crippen LogP contribution in [0.5, 0.6) is 0 Å². The first-order valence-electron chi connectivity index (χ1n) is 9.01. The number of carbonyl (C=O) groups is 2. The largest absolute Gasteiger partial charge is 0.326 e. The Morgan fingerprint density at radius 1 is 1.07 bits per heavy atom. The predicted octanol–water partition coefficient (Wildman–Crippen LogP) is 3.83. The number of hydrogen-bond donors (Lipinski definition) is 2. The minimum atomic E-state index is -0.423. The van der Waals surface area contributed by atoms with Crippen LogP contribution in [-0.2, 0) is 11.8 Å². The van der Waals surface area contributed by atoms with Crippen LogP contribution in [0, 0.1) is 11.7 Å². The molecule has 2 aromatic carbocycles. The van der Waals surface area contributed by atoms with Gasteiger partial charge in [0.05, 0.1) is 5.56 Å². The van der Waals surface area contributed by atoms with Crippen molar-refractivity contribution in [2.24, 2.45) is 13.0 Å². The normalized spacial score (nSPS) is 13.2. The second kappa shape index (κ2) is 7.26. The molecule has 28 heavy (non-hydrogen) atoms. The van der Waals surface area contributed by atoms with Crippen molar-refractivity contribution in [3.63, 3.8) is 0 Å². The summed E-state index contributed by atoms with van der Waals surface area (Å²) in [4.78, 5) is 24.6. The summed E-state index contributed by atoms with van der Waals surface area (Å²) in [6, 6.07) is 12.9. The van der Waals surface area contributed by atoms with Gasteiger partial charge in [0.1, 0.15) is 11.5 Å². The number of hydrogen-bond acceptors (Lipinski definition) is 3. The molecule has 0 radical (unpaired) electrons. The van der Waals surface area contributed by atoms with Gasteiger partial charge in [0.2, 0.25) is 5.91 Å². The fraction of sp³-hybridized carbons (Fsp3) is 0.190. The molecule has 142 valence electrons. The molecule has 2 amide bonds. The second-order valence-electron chi connectivity index (χ2n) is 6.87. The van der Waals surface area contributed by atoms with E-state index in [9.17, 15) is 14.0 Å². The average Bonchev–Trinajstić information content (AvgIpc) is 3.44. The van der Waals surface area contributed by atoms with Gasteiger partial charge in [-0.1, -0.05) is 18.2 Å². The number of rotatable bonds is 5. The van der Waals surface area contributed by atoms with Gasteiger partial charge in [-0.2, -0.15) is 5.10 Å². The summed E-state index contributed by atoms with van der Waals surface area (Å²) < 4.78 is 14.9. The molecule has 1 aliphatic carbocycles. The third-order valence-electron chi connectivity index (χ3n) is 4.53. The highest BCUT2D eigenvalue weighted by molar-refractivity contribution is 6.08. The number of carbonyl (C=O) groups excluding carboxylic acids is 2. The lowest BCUT2D eigenvalue weighted by Crippen LogP contribution is -2.13. The SMILES string of the molecule is Cn1cc(C(=O)Nc2cccc(F)c2)c(-c2ccc(NC(=O)C3CC3)cc2)n1. The maximum atomic E-state index is 13.4. The predicted molar refractivity (Wildman–Crippen MR) is 104 cm³/mol. The van der Waals surface area contributed by atoms with Crippen LogP contribution in [0.3, 0.4) is 0 Å². The van der Waals surface area contributed by atoms with Crippen LogP contribution in [0.2, 0.25) is 0 Å².